The fraction of sp³-hybridized carbons (Fsp3) is 0. The maximum atomic E-state index is 6.23. The summed E-state index contributed by atoms with van der Waals surface area (Å²) in [6.07, 6.45) is 0. The van der Waals surface area contributed by atoms with Crippen molar-refractivity contribution in [1.29, 1.82) is 0 Å². The largest absolute Gasteiger partial charge is 0.456 e. The Morgan fingerprint density at radius 1 is 0.327 bits per heavy atom. The van der Waals surface area contributed by atoms with E-state index in [1.165, 1.54) is 0 Å². The van der Waals surface area contributed by atoms with Crippen LogP contribution in [0.5, 0.6) is 0 Å². The van der Waals surface area contributed by atoms with Crippen molar-refractivity contribution >= 4 is 44.0 Å². The van der Waals surface area contributed by atoms with Gasteiger partial charge in [-0.3, -0.25) is 9.13 Å². The van der Waals surface area contributed by atoms with Gasteiger partial charge in [0.25, 0.3) is 0 Å². The summed E-state index contributed by atoms with van der Waals surface area (Å²) in [5, 5.41) is 2.27. The molecule has 55 heavy (non-hydrogen) atoms. The molecule has 5 nitrogen and oxygen atoms in total. The zero-order valence-corrected chi connectivity index (χ0v) is 29.7. The smallest absolute Gasteiger partial charge is 0.145 e. The zero-order chi connectivity index (χ0) is 36.3. The number of aromatic nitrogens is 4. The van der Waals surface area contributed by atoms with Crippen LogP contribution in [0.25, 0.3) is 100 Å². The van der Waals surface area contributed by atoms with Crippen molar-refractivity contribution in [2.24, 2.45) is 0 Å². The van der Waals surface area contributed by atoms with E-state index < -0.39 is 0 Å². The zero-order valence-electron chi connectivity index (χ0n) is 29.7. The van der Waals surface area contributed by atoms with Gasteiger partial charge in [0.1, 0.15) is 22.8 Å². The average molecular weight is 705 g/mol. The van der Waals surface area contributed by atoms with Gasteiger partial charge in [0.15, 0.2) is 0 Å². The molecule has 0 atom stereocenters. The molecule has 0 saturated carbocycles. The van der Waals surface area contributed by atoms with Crippen LogP contribution in [-0.2, 0) is 0 Å². The van der Waals surface area contributed by atoms with E-state index in [-0.39, 0.29) is 0 Å². The van der Waals surface area contributed by atoms with Crippen LogP contribution in [-0.4, -0.2) is 19.1 Å². The van der Waals surface area contributed by atoms with E-state index in [1.54, 1.807) is 0 Å². The summed E-state index contributed by atoms with van der Waals surface area (Å²) in [6.45, 7) is 0. The van der Waals surface area contributed by atoms with Crippen LogP contribution in [0.1, 0.15) is 0 Å². The maximum Gasteiger partial charge on any atom is 0.145 e. The standard InChI is InChI=1S/C50H32N4O/c1-3-13-35(14-4-1)49-51-43-18-8-10-20-45(43)53(49)39-29-38(30-40(32-39)54-46-21-11-9-19-44(46)52-50(54)36-15-5-2-6-16-36)34-25-23-33(24-26-34)37-27-28-42-41-17-7-12-22-47(41)55-48(42)31-37/h1-32H. The highest BCUT2D eigenvalue weighted by Gasteiger charge is 2.20. The first-order valence-corrected chi connectivity index (χ1v) is 18.5. The topological polar surface area (TPSA) is 48.8 Å². The number of para-hydroxylation sites is 5. The average Bonchev–Trinajstić information content (AvgIpc) is 3.96. The molecule has 0 spiro atoms. The minimum absolute atomic E-state index is 0.889. The van der Waals surface area contributed by atoms with Gasteiger partial charge < -0.3 is 4.42 Å². The van der Waals surface area contributed by atoms with Crippen molar-refractivity contribution in [3.8, 4) is 56.4 Å². The molecule has 0 aliphatic carbocycles. The Hall–Kier alpha value is -7.50. The van der Waals surface area contributed by atoms with Crippen molar-refractivity contribution in [2.75, 3.05) is 0 Å². The quantitative estimate of drug-likeness (QED) is 0.173. The summed E-state index contributed by atoms with van der Waals surface area (Å²) < 4.78 is 10.8. The molecule has 3 heterocycles. The molecule has 0 amide bonds. The molecule has 0 unspecified atom stereocenters. The maximum absolute atomic E-state index is 6.23. The van der Waals surface area contributed by atoms with E-state index in [9.17, 15) is 0 Å². The fourth-order valence-corrected chi connectivity index (χ4v) is 7.92. The van der Waals surface area contributed by atoms with Crippen molar-refractivity contribution in [3.63, 3.8) is 0 Å². The summed E-state index contributed by atoms with van der Waals surface area (Å²) in [4.78, 5) is 10.4. The minimum atomic E-state index is 0.889. The van der Waals surface area contributed by atoms with Crippen LogP contribution >= 0.6 is 0 Å². The first-order valence-electron chi connectivity index (χ1n) is 18.5. The number of imidazole rings is 2. The van der Waals surface area contributed by atoms with Crippen LogP contribution in [0.2, 0.25) is 0 Å². The Bertz CT molecular complexity index is 3050. The van der Waals surface area contributed by atoms with Gasteiger partial charge in [-0.15, -0.1) is 0 Å². The van der Waals surface area contributed by atoms with E-state index >= 15 is 0 Å². The lowest BCUT2D eigenvalue weighted by Crippen LogP contribution is -2.03. The molecule has 258 valence electrons. The van der Waals surface area contributed by atoms with E-state index in [1.807, 2.05) is 36.4 Å². The Morgan fingerprint density at radius 2 is 0.800 bits per heavy atom. The van der Waals surface area contributed by atoms with Crippen LogP contribution in [0.4, 0.5) is 0 Å². The molecule has 3 aromatic heterocycles. The van der Waals surface area contributed by atoms with Gasteiger partial charge in [-0.25, -0.2) is 9.97 Å². The van der Waals surface area contributed by atoms with Crippen LogP contribution in [0.15, 0.2) is 199 Å². The molecule has 0 N–H and O–H groups in total. The van der Waals surface area contributed by atoms with Crippen LogP contribution < -0.4 is 0 Å². The molecular formula is C50H32N4O. The normalized spacial score (nSPS) is 11.6. The van der Waals surface area contributed by atoms with Crippen LogP contribution in [0.3, 0.4) is 0 Å². The van der Waals surface area contributed by atoms with Crippen molar-refractivity contribution in [3.05, 3.63) is 194 Å². The van der Waals surface area contributed by atoms with Crippen molar-refractivity contribution in [2.45, 2.75) is 0 Å². The van der Waals surface area contributed by atoms with Crippen molar-refractivity contribution < 1.29 is 4.42 Å². The first-order chi connectivity index (χ1) is 27.2. The third-order valence-corrected chi connectivity index (χ3v) is 10.5. The monoisotopic (exact) mass is 704 g/mol. The Balaban J connectivity index is 1.12. The number of rotatable bonds is 6. The van der Waals surface area contributed by atoms with E-state index in [0.717, 1.165) is 100 Å². The number of fused-ring (bicyclic) bond motifs is 5. The molecular weight excluding hydrogens is 673 g/mol. The molecule has 0 saturated heterocycles. The van der Waals surface area contributed by atoms with E-state index in [4.69, 9.17) is 14.4 Å². The minimum Gasteiger partial charge on any atom is -0.456 e. The summed E-state index contributed by atoms with van der Waals surface area (Å²) in [6, 6.07) is 68.0. The second-order valence-electron chi connectivity index (χ2n) is 13.9. The Morgan fingerprint density at radius 3 is 1.40 bits per heavy atom. The van der Waals surface area contributed by atoms with Crippen LogP contribution in [0, 0.1) is 0 Å². The predicted molar refractivity (Wildman–Crippen MR) is 225 cm³/mol. The third-order valence-electron chi connectivity index (χ3n) is 10.5. The Kier molecular flexibility index (Phi) is 7.10. The van der Waals surface area contributed by atoms with Gasteiger partial charge in [0.2, 0.25) is 0 Å². The number of benzene rings is 8. The van der Waals surface area contributed by atoms with Gasteiger partial charge in [-0.1, -0.05) is 133 Å². The van der Waals surface area contributed by atoms with Gasteiger partial charge in [0.05, 0.1) is 33.4 Å². The summed E-state index contributed by atoms with van der Waals surface area (Å²) in [5.41, 5.74) is 14.3. The number of hydrogen-bond acceptors (Lipinski definition) is 3. The highest BCUT2D eigenvalue weighted by atomic mass is 16.3. The van der Waals surface area contributed by atoms with Crippen molar-refractivity contribution in [1.82, 2.24) is 19.1 Å². The fourth-order valence-electron chi connectivity index (χ4n) is 7.92. The molecule has 0 bridgehead atoms. The molecule has 0 aliphatic rings. The summed E-state index contributed by atoms with van der Waals surface area (Å²) in [7, 11) is 0. The van der Waals surface area contributed by atoms with Gasteiger partial charge in [0, 0.05) is 21.9 Å². The molecule has 8 aromatic carbocycles. The lowest BCUT2D eigenvalue weighted by atomic mass is 9.98. The summed E-state index contributed by atoms with van der Waals surface area (Å²) >= 11 is 0. The van der Waals surface area contributed by atoms with E-state index in [0.29, 0.717) is 0 Å². The molecule has 0 fully saturated rings. The molecule has 11 rings (SSSR count). The predicted octanol–water partition coefficient (Wildman–Crippen LogP) is 12.9. The second-order valence-corrected chi connectivity index (χ2v) is 13.9. The number of furan rings is 1. The second kappa shape index (κ2) is 12.6. The number of nitrogens with zero attached hydrogens (tertiary/aromatic N) is 4. The first kappa shape index (κ1) is 31.1. The lowest BCUT2D eigenvalue weighted by molar-refractivity contribution is 0.669. The molecule has 5 heteroatoms. The molecule has 0 radical (unpaired) electrons. The lowest BCUT2D eigenvalue weighted by Gasteiger charge is -2.17. The molecule has 0 aliphatic heterocycles. The van der Waals surface area contributed by atoms with Gasteiger partial charge in [-0.2, -0.15) is 0 Å². The number of hydrogen-bond donors (Lipinski definition) is 0. The molecule has 11 aromatic rings. The van der Waals surface area contributed by atoms with Gasteiger partial charge >= 0.3 is 0 Å². The van der Waals surface area contributed by atoms with Gasteiger partial charge in [-0.05, 0) is 82.9 Å². The SMILES string of the molecule is c1ccc(-c2nc3ccccc3n2-c2cc(-c3ccc(-c4ccc5c(c4)oc4ccccc45)cc3)cc(-n3c(-c4ccccc4)nc4ccccc43)c2)cc1. The third kappa shape index (κ3) is 5.24. The highest BCUT2D eigenvalue weighted by Crippen LogP contribution is 2.37. The van der Waals surface area contributed by atoms with E-state index in [2.05, 4.69) is 167 Å². The Labute approximate surface area is 317 Å². The summed E-state index contributed by atoms with van der Waals surface area (Å²) in [5.74, 6) is 1.78. The highest BCUT2D eigenvalue weighted by molar-refractivity contribution is 6.06.